The van der Waals surface area contributed by atoms with E-state index in [0.29, 0.717) is 0 Å². The van der Waals surface area contributed by atoms with Gasteiger partial charge in [-0.15, -0.1) is 0 Å². The maximum Gasteiger partial charge on any atom is 0.0569 e. The molecule has 0 N–H and O–H groups in total. The van der Waals surface area contributed by atoms with Crippen molar-refractivity contribution in [2.45, 2.75) is 26.2 Å². The zero-order valence-corrected chi connectivity index (χ0v) is 32.9. The molecule has 0 unspecified atom stereocenters. The van der Waals surface area contributed by atoms with E-state index in [9.17, 15) is 0 Å². The Morgan fingerprint density at radius 3 is 1.76 bits per heavy atom. The molecule has 0 amide bonds. The summed E-state index contributed by atoms with van der Waals surface area (Å²) in [6, 6.07) is 73.7. The topological polar surface area (TPSA) is 8.17 Å². The smallest absolute Gasteiger partial charge is 0.0569 e. The standard InChI is InChI=1S/C56H42N2/c1-37-34-40(45-24-15-19-38-18-7-8-20-44(38)45)35-50(39-16-5-4-6-17-39)55(37)57(43-32-33-47-46-21-9-12-25-51(46)56(2,3)52(47)36-43)41-28-30-42(31-29-41)58-53-26-13-10-22-48(53)49-23-11-14-27-54(49)58/h4-36H,1-3H3. The van der Waals surface area contributed by atoms with E-state index < -0.39 is 0 Å². The number of aryl methyl sites for hydroxylation is 1. The zero-order valence-electron chi connectivity index (χ0n) is 32.9. The minimum Gasteiger partial charge on any atom is -0.310 e. The molecule has 0 aliphatic heterocycles. The van der Waals surface area contributed by atoms with E-state index in [1.807, 2.05) is 0 Å². The Morgan fingerprint density at radius 2 is 1.00 bits per heavy atom. The van der Waals surface area contributed by atoms with Crippen LogP contribution in [0.2, 0.25) is 0 Å². The number of nitrogens with zero attached hydrogens (tertiary/aromatic N) is 2. The molecule has 9 aromatic carbocycles. The van der Waals surface area contributed by atoms with Crippen LogP contribution < -0.4 is 4.90 Å². The molecule has 276 valence electrons. The Labute approximate surface area is 339 Å². The van der Waals surface area contributed by atoms with Gasteiger partial charge in [0.2, 0.25) is 0 Å². The summed E-state index contributed by atoms with van der Waals surface area (Å²) in [7, 11) is 0. The van der Waals surface area contributed by atoms with Crippen molar-refractivity contribution in [1.29, 1.82) is 0 Å². The summed E-state index contributed by atoms with van der Waals surface area (Å²) in [6.45, 7) is 7.01. The SMILES string of the molecule is Cc1cc(-c2cccc3ccccc23)cc(-c2ccccc2)c1N(c1ccc(-n2c3ccccc3c3ccccc32)cc1)c1ccc2c(c1)C(C)(C)c1ccccc1-2. The van der Waals surface area contributed by atoms with Crippen molar-refractivity contribution in [3.8, 4) is 39.1 Å². The molecule has 0 bridgehead atoms. The number of hydrogen-bond acceptors (Lipinski definition) is 1. The molecule has 0 spiro atoms. The highest BCUT2D eigenvalue weighted by Crippen LogP contribution is 2.52. The Bertz CT molecular complexity index is 3140. The van der Waals surface area contributed by atoms with Crippen molar-refractivity contribution >= 4 is 49.6 Å². The number of rotatable bonds is 6. The van der Waals surface area contributed by atoms with Crippen LogP contribution in [0.5, 0.6) is 0 Å². The summed E-state index contributed by atoms with van der Waals surface area (Å²) < 4.78 is 2.40. The molecule has 1 heterocycles. The fourth-order valence-electron chi connectivity index (χ4n) is 9.74. The summed E-state index contributed by atoms with van der Waals surface area (Å²) in [5.74, 6) is 0. The van der Waals surface area contributed by atoms with Gasteiger partial charge in [-0.25, -0.2) is 0 Å². The summed E-state index contributed by atoms with van der Waals surface area (Å²) in [6.07, 6.45) is 0. The van der Waals surface area contributed by atoms with E-state index in [1.165, 1.54) is 88.3 Å². The van der Waals surface area contributed by atoms with Crippen molar-refractivity contribution in [2.75, 3.05) is 4.90 Å². The van der Waals surface area contributed by atoms with Crippen LogP contribution in [0.3, 0.4) is 0 Å². The second kappa shape index (κ2) is 13.2. The molecule has 0 fully saturated rings. The third-order valence-electron chi connectivity index (χ3n) is 12.5. The quantitative estimate of drug-likeness (QED) is 0.165. The molecule has 2 heteroatoms. The lowest BCUT2D eigenvalue weighted by Crippen LogP contribution is -2.17. The minimum atomic E-state index is -0.135. The van der Waals surface area contributed by atoms with E-state index in [0.717, 1.165) is 17.1 Å². The van der Waals surface area contributed by atoms with Gasteiger partial charge < -0.3 is 9.47 Å². The van der Waals surface area contributed by atoms with Crippen LogP contribution in [0.4, 0.5) is 17.1 Å². The maximum atomic E-state index is 2.50. The highest BCUT2D eigenvalue weighted by Gasteiger charge is 2.36. The largest absolute Gasteiger partial charge is 0.310 e. The van der Waals surface area contributed by atoms with Crippen LogP contribution in [-0.4, -0.2) is 4.57 Å². The predicted octanol–water partition coefficient (Wildman–Crippen LogP) is 15.4. The Hall–Kier alpha value is -7.16. The number of fused-ring (bicyclic) bond motifs is 7. The highest BCUT2D eigenvalue weighted by atomic mass is 15.1. The summed E-state index contributed by atoms with van der Waals surface area (Å²) >= 11 is 0. The molecule has 0 saturated carbocycles. The van der Waals surface area contributed by atoms with Gasteiger partial charge >= 0.3 is 0 Å². The molecule has 10 aromatic rings. The van der Waals surface area contributed by atoms with Crippen molar-refractivity contribution in [3.63, 3.8) is 0 Å². The van der Waals surface area contributed by atoms with Crippen molar-refractivity contribution in [3.05, 3.63) is 217 Å². The number of anilines is 3. The molecular weight excluding hydrogens is 701 g/mol. The van der Waals surface area contributed by atoms with Gasteiger partial charge in [0.15, 0.2) is 0 Å². The number of aromatic nitrogens is 1. The lowest BCUT2D eigenvalue weighted by atomic mass is 9.82. The van der Waals surface area contributed by atoms with Crippen LogP contribution >= 0.6 is 0 Å². The van der Waals surface area contributed by atoms with Crippen molar-refractivity contribution in [2.24, 2.45) is 0 Å². The van der Waals surface area contributed by atoms with Gasteiger partial charge in [0, 0.05) is 38.8 Å². The monoisotopic (exact) mass is 742 g/mol. The Morgan fingerprint density at radius 1 is 0.414 bits per heavy atom. The molecule has 11 rings (SSSR count). The van der Waals surface area contributed by atoms with E-state index >= 15 is 0 Å². The van der Waals surface area contributed by atoms with Crippen molar-refractivity contribution in [1.82, 2.24) is 4.57 Å². The second-order valence-corrected chi connectivity index (χ2v) is 16.2. The second-order valence-electron chi connectivity index (χ2n) is 16.2. The average Bonchev–Trinajstić information content (AvgIpc) is 3.73. The van der Waals surface area contributed by atoms with Gasteiger partial charge in [-0.3, -0.25) is 0 Å². The van der Waals surface area contributed by atoms with Crippen LogP contribution in [0.1, 0.15) is 30.5 Å². The fourth-order valence-corrected chi connectivity index (χ4v) is 9.74. The van der Waals surface area contributed by atoms with Gasteiger partial charge in [-0.05, 0) is 123 Å². The fraction of sp³-hybridized carbons (Fsp3) is 0.0714. The number of benzene rings is 9. The molecule has 2 nitrogen and oxygen atoms in total. The van der Waals surface area contributed by atoms with Crippen molar-refractivity contribution < 1.29 is 0 Å². The lowest BCUT2D eigenvalue weighted by Gasteiger charge is -2.32. The summed E-state index contributed by atoms with van der Waals surface area (Å²) in [5, 5.41) is 5.03. The maximum absolute atomic E-state index is 2.50. The zero-order chi connectivity index (χ0) is 39.0. The van der Waals surface area contributed by atoms with Gasteiger partial charge in [-0.1, -0.05) is 153 Å². The van der Waals surface area contributed by atoms with Crippen LogP contribution in [0, 0.1) is 6.92 Å². The Balaban J connectivity index is 1.15. The van der Waals surface area contributed by atoms with Crippen LogP contribution in [0.15, 0.2) is 200 Å². The summed E-state index contributed by atoms with van der Waals surface area (Å²) in [4.78, 5) is 2.50. The number of para-hydroxylation sites is 2. The van der Waals surface area contributed by atoms with Gasteiger partial charge in [-0.2, -0.15) is 0 Å². The third-order valence-corrected chi connectivity index (χ3v) is 12.5. The molecule has 1 aliphatic carbocycles. The van der Waals surface area contributed by atoms with E-state index in [1.54, 1.807) is 0 Å². The lowest BCUT2D eigenvalue weighted by molar-refractivity contribution is 0.660. The highest BCUT2D eigenvalue weighted by molar-refractivity contribution is 6.09. The van der Waals surface area contributed by atoms with Gasteiger partial charge in [0.25, 0.3) is 0 Å². The molecule has 0 atom stereocenters. The minimum absolute atomic E-state index is 0.135. The molecule has 1 aromatic heterocycles. The van der Waals surface area contributed by atoms with Crippen LogP contribution in [-0.2, 0) is 5.41 Å². The molecule has 1 aliphatic rings. The molecule has 58 heavy (non-hydrogen) atoms. The van der Waals surface area contributed by atoms with E-state index in [-0.39, 0.29) is 5.41 Å². The van der Waals surface area contributed by atoms with E-state index in [4.69, 9.17) is 0 Å². The van der Waals surface area contributed by atoms with Crippen LogP contribution in [0.25, 0.3) is 71.6 Å². The van der Waals surface area contributed by atoms with Gasteiger partial charge in [0.05, 0.1) is 16.7 Å². The van der Waals surface area contributed by atoms with Gasteiger partial charge in [0.1, 0.15) is 0 Å². The molecule has 0 radical (unpaired) electrons. The third kappa shape index (κ3) is 5.26. The average molecular weight is 743 g/mol. The first-order chi connectivity index (χ1) is 28.5. The normalized spacial score (nSPS) is 12.9. The Kier molecular flexibility index (Phi) is 7.78. The van der Waals surface area contributed by atoms with E-state index in [2.05, 4.69) is 230 Å². The first kappa shape index (κ1) is 34.1. The first-order valence-electron chi connectivity index (χ1n) is 20.3. The first-order valence-corrected chi connectivity index (χ1v) is 20.3. The predicted molar refractivity (Wildman–Crippen MR) is 246 cm³/mol. The molecular formula is C56H42N2. The molecule has 0 saturated heterocycles. The summed E-state index contributed by atoms with van der Waals surface area (Å²) in [5.41, 5.74) is 18.3. The number of hydrogen-bond donors (Lipinski definition) is 0.